The van der Waals surface area contributed by atoms with Crippen LogP contribution in [0.3, 0.4) is 0 Å². The van der Waals surface area contributed by atoms with Gasteiger partial charge in [0.1, 0.15) is 0 Å². The highest BCUT2D eigenvalue weighted by molar-refractivity contribution is 8.00. The van der Waals surface area contributed by atoms with Crippen LogP contribution in [0.25, 0.3) is 0 Å². The molecule has 0 saturated carbocycles. The van der Waals surface area contributed by atoms with Crippen LogP contribution in [0.4, 0.5) is 18.9 Å². The topological polar surface area (TPSA) is 55.1 Å². The molecule has 1 rings (SSSR count). The van der Waals surface area contributed by atoms with Gasteiger partial charge in [-0.2, -0.15) is 13.2 Å². The van der Waals surface area contributed by atoms with E-state index in [9.17, 15) is 18.0 Å². The van der Waals surface area contributed by atoms with Crippen LogP contribution in [0.5, 0.6) is 0 Å². The highest BCUT2D eigenvalue weighted by Gasteiger charge is 2.29. The molecule has 1 unspecified atom stereocenters. The molecule has 0 bridgehead atoms. The minimum atomic E-state index is -4.31. The largest absolute Gasteiger partial charge is 0.446 e. The Bertz CT molecular complexity index is 460. The van der Waals surface area contributed by atoms with Gasteiger partial charge in [-0.05, 0) is 48.4 Å². The molecule has 3 N–H and O–H groups in total. The van der Waals surface area contributed by atoms with Crippen LogP contribution >= 0.6 is 11.8 Å². The summed E-state index contributed by atoms with van der Waals surface area (Å²) in [7, 11) is 0. The number of anilines is 1. The molecular weight excluding hydrogens is 301 g/mol. The molecule has 0 spiro atoms. The molecule has 0 radical (unpaired) electrons. The van der Waals surface area contributed by atoms with Crippen LogP contribution in [0.15, 0.2) is 29.2 Å². The third-order valence-corrected chi connectivity index (χ3v) is 3.51. The van der Waals surface area contributed by atoms with Crippen molar-refractivity contribution in [3.05, 3.63) is 24.3 Å². The lowest BCUT2D eigenvalue weighted by Crippen LogP contribution is -2.30. The van der Waals surface area contributed by atoms with E-state index < -0.39 is 5.51 Å². The summed E-state index contributed by atoms with van der Waals surface area (Å²) in [5.41, 5.74) is 1.73. The van der Waals surface area contributed by atoms with E-state index in [2.05, 4.69) is 5.32 Å². The average Bonchev–Trinajstić information content (AvgIpc) is 2.36. The molecule has 0 saturated heterocycles. The lowest BCUT2D eigenvalue weighted by Gasteiger charge is -2.17. The van der Waals surface area contributed by atoms with E-state index in [1.807, 2.05) is 13.8 Å². The van der Waals surface area contributed by atoms with E-state index >= 15 is 0 Å². The van der Waals surface area contributed by atoms with Gasteiger partial charge in [0.15, 0.2) is 0 Å². The van der Waals surface area contributed by atoms with Gasteiger partial charge >= 0.3 is 5.51 Å². The number of nitrogens with one attached hydrogen (secondary N) is 1. The fourth-order valence-electron chi connectivity index (χ4n) is 1.86. The fraction of sp³-hybridized carbons (Fsp3) is 0.500. The van der Waals surface area contributed by atoms with Crippen molar-refractivity contribution in [1.82, 2.24) is 0 Å². The monoisotopic (exact) mass is 320 g/mol. The molecule has 118 valence electrons. The Morgan fingerprint density at radius 1 is 1.29 bits per heavy atom. The van der Waals surface area contributed by atoms with E-state index in [-0.39, 0.29) is 35.0 Å². The third kappa shape index (κ3) is 6.86. The van der Waals surface area contributed by atoms with Crippen molar-refractivity contribution in [2.75, 3.05) is 11.9 Å². The van der Waals surface area contributed by atoms with Crippen LogP contribution < -0.4 is 11.1 Å². The maximum absolute atomic E-state index is 12.2. The standard InChI is InChI=1S/C14H19F3N2OS/c1-9(2)7-10(8-18)13(20)19-11-3-5-12(6-4-11)21-14(15,16)17/h3-6,9-10H,7-8,18H2,1-2H3,(H,19,20). The van der Waals surface area contributed by atoms with Gasteiger partial charge in [0.25, 0.3) is 0 Å². The van der Waals surface area contributed by atoms with Crippen molar-refractivity contribution >= 4 is 23.4 Å². The molecule has 21 heavy (non-hydrogen) atoms. The van der Waals surface area contributed by atoms with E-state index in [0.29, 0.717) is 18.0 Å². The number of benzene rings is 1. The van der Waals surface area contributed by atoms with Crippen molar-refractivity contribution in [2.45, 2.75) is 30.7 Å². The first-order chi connectivity index (χ1) is 9.71. The number of alkyl halides is 3. The lowest BCUT2D eigenvalue weighted by atomic mass is 9.96. The van der Waals surface area contributed by atoms with Gasteiger partial charge in [0.2, 0.25) is 5.91 Å². The second kappa shape index (κ2) is 7.70. The number of rotatable bonds is 6. The summed E-state index contributed by atoms with van der Waals surface area (Å²) >= 11 is -0.185. The van der Waals surface area contributed by atoms with Crippen molar-refractivity contribution < 1.29 is 18.0 Å². The van der Waals surface area contributed by atoms with E-state index in [4.69, 9.17) is 5.73 Å². The summed E-state index contributed by atoms with van der Waals surface area (Å²) in [4.78, 5) is 12.1. The number of thioether (sulfide) groups is 1. The fourth-order valence-corrected chi connectivity index (χ4v) is 2.40. The first-order valence-electron chi connectivity index (χ1n) is 6.58. The normalized spacial score (nSPS) is 13.3. The number of hydrogen-bond acceptors (Lipinski definition) is 3. The van der Waals surface area contributed by atoms with E-state index in [0.717, 1.165) is 0 Å². The molecule has 7 heteroatoms. The van der Waals surface area contributed by atoms with Gasteiger partial charge in [0, 0.05) is 17.1 Å². The number of halogens is 3. The molecule has 0 aliphatic rings. The SMILES string of the molecule is CC(C)CC(CN)C(=O)Nc1ccc(SC(F)(F)F)cc1. The molecule has 1 atom stereocenters. The number of carbonyl (C=O) groups is 1. The summed E-state index contributed by atoms with van der Waals surface area (Å²) in [6, 6.07) is 5.56. The number of carbonyl (C=O) groups excluding carboxylic acids is 1. The van der Waals surface area contributed by atoms with Gasteiger partial charge in [-0.25, -0.2) is 0 Å². The Labute approximate surface area is 126 Å². The average molecular weight is 320 g/mol. The maximum atomic E-state index is 12.2. The maximum Gasteiger partial charge on any atom is 0.446 e. The molecule has 1 aromatic rings. The molecule has 3 nitrogen and oxygen atoms in total. The van der Waals surface area contributed by atoms with E-state index in [1.54, 1.807) is 0 Å². The first-order valence-corrected chi connectivity index (χ1v) is 7.39. The Morgan fingerprint density at radius 2 is 1.86 bits per heavy atom. The first kappa shape index (κ1) is 17.8. The summed E-state index contributed by atoms with van der Waals surface area (Å²) in [6.07, 6.45) is 0.671. The highest BCUT2D eigenvalue weighted by atomic mass is 32.2. The van der Waals surface area contributed by atoms with Crippen molar-refractivity contribution in [3.63, 3.8) is 0 Å². The second-order valence-corrected chi connectivity index (χ2v) is 6.26. The number of hydrogen-bond donors (Lipinski definition) is 2. The van der Waals surface area contributed by atoms with Crippen molar-refractivity contribution in [1.29, 1.82) is 0 Å². The quantitative estimate of drug-likeness (QED) is 0.783. The predicted octanol–water partition coefficient (Wildman–Crippen LogP) is 3.86. The predicted molar refractivity (Wildman–Crippen MR) is 79.0 cm³/mol. The molecule has 0 heterocycles. The Kier molecular flexibility index (Phi) is 6.54. The van der Waals surface area contributed by atoms with Gasteiger partial charge in [-0.3, -0.25) is 4.79 Å². The zero-order valence-electron chi connectivity index (χ0n) is 11.9. The van der Waals surface area contributed by atoms with Gasteiger partial charge in [0.05, 0.1) is 5.92 Å². The third-order valence-electron chi connectivity index (χ3n) is 2.77. The molecule has 0 aliphatic heterocycles. The van der Waals surface area contributed by atoms with Gasteiger partial charge in [-0.1, -0.05) is 13.8 Å². The van der Waals surface area contributed by atoms with Crippen LogP contribution in [0.1, 0.15) is 20.3 Å². The van der Waals surface area contributed by atoms with Crippen molar-refractivity contribution in [3.8, 4) is 0 Å². The van der Waals surface area contributed by atoms with Crippen LogP contribution in [-0.2, 0) is 4.79 Å². The molecule has 0 aliphatic carbocycles. The highest BCUT2D eigenvalue weighted by Crippen LogP contribution is 2.37. The lowest BCUT2D eigenvalue weighted by molar-refractivity contribution is -0.120. The van der Waals surface area contributed by atoms with Gasteiger partial charge in [-0.15, -0.1) is 0 Å². The van der Waals surface area contributed by atoms with Crippen LogP contribution in [-0.4, -0.2) is 18.0 Å². The van der Waals surface area contributed by atoms with Crippen LogP contribution in [0.2, 0.25) is 0 Å². The molecule has 0 aromatic heterocycles. The number of amides is 1. The zero-order chi connectivity index (χ0) is 16.0. The Morgan fingerprint density at radius 3 is 2.29 bits per heavy atom. The molecule has 1 aromatic carbocycles. The molecule has 1 amide bonds. The van der Waals surface area contributed by atoms with Crippen molar-refractivity contribution in [2.24, 2.45) is 17.6 Å². The summed E-state index contributed by atoms with van der Waals surface area (Å²) in [5.74, 6) is -0.161. The number of nitrogens with two attached hydrogens (primary N) is 1. The summed E-state index contributed by atoms with van der Waals surface area (Å²) < 4.78 is 36.6. The summed E-state index contributed by atoms with van der Waals surface area (Å²) in [6.45, 7) is 4.24. The second-order valence-electron chi connectivity index (χ2n) is 5.12. The Hall–Kier alpha value is -1.21. The minimum absolute atomic E-state index is 0.0815. The zero-order valence-corrected chi connectivity index (χ0v) is 12.7. The summed E-state index contributed by atoms with van der Waals surface area (Å²) in [5, 5.41) is 2.68. The molecule has 0 fully saturated rings. The van der Waals surface area contributed by atoms with Gasteiger partial charge < -0.3 is 11.1 Å². The Balaban J connectivity index is 2.64. The van der Waals surface area contributed by atoms with E-state index in [1.165, 1.54) is 24.3 Å². The molecular formula is C14H19F3N2OS. The van der Waals surface area contributed by atoms with Crippen LogP contribution in [0, 0.1) is 11.8 Å². The minimum Gasteiger partial charge on any atom is -0.330 e. The smallest absolute Gasteiger partial charge is 0.330 e.